The number of hydrogen-bond acceptors (Lipinski definition) is 2. The standard InChI is InChI=1S/C13H23NO2/c1-8-4-5-10-6-11(8)13(10,7-14-3)9(2)12(15)16/h8-11,14H,4-7H2,1-3H3,(H,15,16). The van der Waals surface area contributed by atoms with E-state index in [0.717, 1.165) is 6.54 Å². The van der Waals surface area contributed by atoms with Crippen LogP contribution in [0.5, 0.6) is 0 Å². The Labute approximate surface area is 97.6 Å². The molecule has 3 heteroatoms. The van der Waals surface area contributed by atoms with Gasteiger partial charge in [-0.2, -0.15) is 0 Å². The molecule has 0 amide bonds. The van der Waals surface area contributed by atoms with Crippen molar-refractivity contribution in [3.63, 3.8) is 0 Å². The number of carboxylic acids is 1. The highest BCUT2D eigenvalue weighted by molar-refractivity contribution is 5.71. The van der Waals surface area contributed by atoms with E-state index < -0.39 is 5.97 Å². The van der Waals surface area contributed by atoms with E-state index >= 15 is 0 Å². The van der Waals surface area contributed by atoms with E-state index in [1.54, 1.807) is 0 Å². The van der Waals surface area contributed by atoms with Gasteiger partial charge in [0.25, 0.3) is 0 Å². The second-order valence-electron chi connectivity index (χ2n) is 5.80. The summed E-state index contributed by atoms with van der Waals surface area (Å²) in [7, 11) is 1.94. The lowest BCUT2D eigenvalue weighted by molar-refractivity contribution is -0.181. The lowest BCUT2D eigenvalue weighted by Crippen LogP contribution is -2.63. The summed E-state index contributed by atoms with van der Waals surface area (Å²) < 4.78 is 0. The summed E-state index contributed by atoms with van der Waals surface area (Å²) in [5.41, 5.74) is 0.0260. The minimum atomic E-state index is -0.626. The van der Waals surface area contributed by atoms with E-state index in [2.05, 4.69) is 12.2 Å². The van der Waals surface area contributed by atoms with Crippen molar-refractivity contribution in [3.05, 3.63) is 0 Å². The Balaban J connectivity index is 2.26. The highest BCUT2D eigenvalue weighted by atomic mass is 16.4. The number of aliphatic carboxylic acids is 1. The van der Waals surface area contributed by atoms with Crippen molar-refractivity contribution in [3.8, 4) is 0 Å². The smallest absolute Gasteiger partial charge is 0.306 e. The van der Waals surface area contributed by atoms with Gasteiger partial charge in [0, 0.05) is 12.0 Å². The van der Waals surface area contributed by atoms with Gasteiger partial charge in [-0.25, -0.2) is 0 Å². The predicted molar refractivity (Wildman–Crippen MR) is 63.2 cm³/mol. The molecule has 0 aromatic heterocycles. The molecule has 0 radical (unpaired) electrons. The maximum absolute atomic E-state index is 11.3. The number of rotatable bonds is 4. The third-order valence-corrected chi connectivity index (χ3v) is 5.31. The predicted octanol–water partition coefficient (Wildman–Crippen LogP) is 1.98. The van der Waals surface area contributed by atoms with E-state index in [1.807, 2.05) is 14.0 Å². The number of fused-ring (bicyclic) bond motifs is 2. The molecular formula is C13H23NO2. The average Bonchev–Trinajstić information content (AvgIpc) is 2.24. The summed E-state index contributed by atoms with van der Waals surface area (Å²) >= 11 is 0. The lowest BCUT2D eigenvalue weighted by Gasteiger charge is -2.64. The molecule has 3 saturated carbocycles. The molecule has 3 aliphatic rings. The van der Waals surface area contributed by atoms with Crippen molar-refractivity contribution < 1.29 is 9.90 Å². The van der Waals surface area contributed by atoms with E-state index in [0.29, 0.717) is 17.8 Å². The van der Waals surface area contributed by atoms with Gasteiger partial charge in [-0.3, -0.25) is 4.79 Å². The molecule has 3 fully saturated rings. The molecule has 3 rings (SSSR count). The molecule has 2 N–H and O–H groups in total. The molecule has 0 spiro atoms. The van der Waals surface area contributed by atoms with Crippen LogP contribution in [0.15, 0.2) is 0 Å². The maximum Gasteiger partial charge on any atom is 0.306 e. The molecule has 3 aliphatic carbocycles. The first-order valence-corrected chi connectivity index (χ1v) is 6.41. The number of nitrogens with one attached hydrogen (secondary N) is 1. The molecule has 16 heavy (non-hydrogen) atoms. The summed E-state index contributed by atoms with van der Waals surface area (Å²) in [5, 5.41) is 12.6. The van der Waals surface area contributed by atoms with Gasteiger partial charge in [-0.15, -0.1) is 0 Å². The van der Waals surface area contributed by atoms with Gasteiger partial charge in [0.15, 0.2) is 0 Å². The van der Waals surface area contributed by atoms with Gasteiger partial charge in [-0.05, 0) is 37.6 Å². The number of carbonyl (C=O) groups is 1. The Morgan fingerprint density at radius 3 is 2.69 bits per heavy atom. The summed E-state index contributed by atoms with van der Waals surface area (Å²) in [6.45, 7) is 5.05. The molecule has 5 unspecified atom stereocenters. The summed E-state index contributed by atoms with van der Waals surface area (Å²) in [6, 6.07) is 0. The molecule has 3 nitrogen and oxygen atoms in total. The highest BCUT2D eigenvalue weighted by Gasteiger charge is 2.62. The fourth-order valence-electron chi connectivity index (χ4n) is 4.34. The molecule has 0 aliphatic heterocycles. The normalized spacial score (nSPS) is 43.6. The van der Waals surface area contributed by atoms with Crippen molar-refractivity contribution in [1.82, 2.24) is 5.32 Å². The molecular weight excluding hydrogens is 202 g/mol. The summed E-state index contributed by atoms with van der Waals surface area (Å²) in [5.74, 6) is 1.10. The molecule has 0 heterocycles. The Kier molecular flexibility index (Phi) is 2.99. The number of carboxylic acid groups (broad SMARTS) is 1. The Morgan fingerprint density at radius 2 is 2.25 bits per heavy atom. The monoisotopic (exact) mass is 225 g/mol. The molecule has 92 valence electrons. The van der Waals surface area contributed by atoms with Crippen LogP contribution in [0.3, 0.4) is 0 Å². The minimum Gasteiger partial charge on any atom is -0.481 e. The molecule has 0 saturated heterocycles. The van der Waals surface area contributed by atoms with Crippen molar-refractivity contribution >= 4 is 5.97 Å². The van der Waals surface area contributed by atoms with Gasteiger partial charge in [-0.1, -0.05) is 20.3 Å². The van der Waals surface area contributed by atoms with Gasteiger partial charge in [0.05, 0.1) is 5.92 Å². The quantitative estimate of drug-likeness (QED) is 0.769. The van der Waals surface area contributed by atoms with Crippen LogP contribution in [-0.2, 0) is 4.79 Å². The minimum absolute atomic E-state index is 0.0260. The number of hydrogen-bond donors (Lipinski definition) is 2. The molecule has 0 aromatic carbocycles. The van der Waals surface area contributed by atoms with E-state index in [9.17, 15) is 9.90 Å². The second-order valence-corrected chi connectivity index (χ2v) is 5.80. The third-order valence-electron chi connectivity index (χ3n) is 5.31. The Bertz CT molecular complexity index is 290. The van der Waals surface area contributed by atoms with E-state index in [4.69, 9.17) is 0 Å². The first-order chi connectivity index (χ1) is 7.54. The van der Waals surface area contributed by atoms with Crippen LogP contribution in [-0.4, -0.2) is 24.7 Å². The van der Waals surface area contributed by atoms with Gasteiger partial charge in [0.2, 0.25) is 0 Å². The fraction of sp³-hybridized carbons (Fsp3) is 0.923. The van der Waals surface area contributed by atoms with Gasteiger partial charge >= 0.3 is 5.97 Å². The van der Waals surface area contributed by atoms with Crippen LogP contribution in [0.25, 0.3) is 0 Å². The largest absolute Gasteiger partial charge is 0.481 e. The second kappa shape index (κ2) is 4.02. The third kappa shape index (κ3) is 1.41. The van der Waals surface area contributed by atoms with Crippen molar-refractivity contribution in [2.45, 2.75) is 33.1 Å². The lowest BCUT2D eigenvalue weighted by atomic mass is 9.41. The van der Waals surface area contributed by atoms with Crippen LogP contribution in [0.1, 0.15) is 33.1 Å². The Morgan fingerprint density at radius 1 is 1.56 bits per heavy atom. The zero-order chi connectivity index (χ0) is 11.9. The van der Waals surface area contributed by atoms with Crippen molar-refractivity contribution in [2.24, 2.45) is 29.1 Å². The topological polar surface area (TPSA) is 49.3 Å². The van der Waals surface area contributed by atoms with E-state index in [-0.39, 0.29) is 11.3 Å². The first kappa shape index (κ1) is 11.9. The zero-order valence-electron chi connectivity index (χ0n) is 10.5. The van der Waals surface area contributed by atoms with E-state index in [1.165, 1.54) is 19.3 Å². The van der Waals surface area contributed by atoms with Crippen molar-refractivity contribution in [2.75, 3.05) is 13.6 Å². The first-order valence-electron chi connectivity index (χ1n) is 6.41. The van der Waals surface area contributed by atoms with Crippen LogP contribution in [0, 0.1) is 29.1 Å². The SMILES string of the molecule is CNCC1(C(C)C(=O)O)C2CCC(C)C1C2. The van der Waals surface area contributed by atoms with Crippen LogP contribution < -0.4 is 5.32 Å². The maximum atomic E-state index is 11.3. The van der Waals surface area contributed by atoms with Crippen LogP contribution >= 0.6 is 0 Å². The van der Waals surface area contributed by atoms with Crippen molar-refractivity contribution in [1.29, 1.82) is 0 Å². The van der Waals surface area contributed by atoms with Gasteiger partial charge in [0.1, 0.15) is 0 Å². The molecule has 5 atom stereocenters. The molecule has 2 bridgehead atoms. The zero-order valence-corrected chi connectivity index (χ0v) is 10.5. The highest BCUT2D eigenvalue weighted by Crippen LogP contribution is 2.64. The fourth-order valence-corrected chi connectivity index (χ4v) is 4.34. The van der Waals surface area contributed by atoms with Gasteiger partial charge < -0.3 is 10.4 Å². The van der Waals surface area contributed by atoms with Crippen LogP contribution in [0.2, 0.25) is 0 Å². The summed E-state index contributed by atoms with van der Waals surface area (Å²) in [6.07, 6.45) is 3.75. The average molecular weight is 225 g/mol. The summed E-state index contributed by atoms with van der Waals surface area (Å²) in [4.78, 5) is 11.3. The molecule has 0 aromatic rings. The van der Waals surface area contributed by atoms with Crippen LogP contribution in [0.4, 0.5) is 0 Å². The Hall–Kier alpha value is -0.570.